The molecule has 0 aliphatic heterocycles. The fourth-order valence-electron chi connectivity index (χ4n) is 3.80. The van der Waals surface area contributed by atoms with Crippen LogP contribution >= 0.6 is 0 Å². The summed E-state index contributed by atoms with van der Waals surface area (Å²) in [4.78, 5) is 0. The van der Waals surface area contributed by atoms with Gasteiger partial charge in [0.1, 0.15) is 0 Å². The van der Waals surface area contributed by atoms with E-state index in [4.69, 9.17) is 5.73 Å². The van der Waals surface area contributed by atoms with Crippen LogP contribution in [0.15, 0.2) is 0 Å². The van der Waals surface area contributed by atoms with E-state index in [1.165, 1.54) is 57.8 Å². The SMILES string of the molecule is NCC1CCCCC1NCC1(CO)CCCCC1. The predicted octanol–water partition coefficient (Wildman–Crippen LogP) is 2.04. The first-order valence-corrected chi connectivity index (χ1v) is 7.84. The molecule has 0 saturated heterocycles. The summed E-state index contributed by atoms with van der Waals surface area (Å²) in [5, 5.41) is 13.5. The van der Waals surface area contributed by atoms with Crippen LogP contribution in [0.2, 0.25) is 0 Å². The van der Waals surface area contributed by atoms with Gasteiger partial charge >= 0.3 is 0 Å². The minimum atomic E-state index is 0.162. The summed E-state index contributed by atoms with van der Waals surface area (Å²) in [6.07, 6.45) is 11.5. The third-order valence-electron chi connectivity index (χ3n) is 5.20. The van der Waals surface area contributed by atoms with Crippen LogP contribution < -0.4 is 11.1 Å². The van der Waals surface area contributed by atoms with E-state index in [9.17, 15) is 5.11 Å². The molecule has 2 atom stereocenters. The van der Waals surface area contributed by atoms with Crippen molar-refractivity contribution >= 4 is 0 Å². The van der Waals surface area contributed by atoms with Crippen molar-refractivity contribution in [2.75, 3.05) is 19.7 Å². The first-order valence-electron chi connectivity index (χ1n) is 7.84. The van der Waals surface area contributed by atoms with Crippen molar-refractivity contribution in [3.05, 3.63) is 0 Å². The molecule has 2 saturated carbocycles. The Morgan fingerprint density at radius 3 is 2.44 bits per heavy atom. The van der Waals surface area contributed by atoms with Gasteiger partial charge in [-0.25, -0.2) is 0 Å². The quantitative estimate of drug-likeness (QED) is 0.703. The lowest BCUT2D eigenvalue weighted by Gasteiger charge is -2.39. The third-order valence-corrected chi connectivity index (χ3v) is 5.20. The fraction of sp³-hybridized carbons (Fsp3) is 1.00. The summed E-state index contributed by atoms with van der Waals surface area (Å²) in [5.74, 6) is 0.651. The van der Waals surface area contributed by atoms with Crippen molar-refractivity contribution in [3.63, 3.8) is 0 Å². The Hall–Kier alpha value is -0.120. The summed E-state index contributed by atoms with van der Waals surface area (Å²) in [6.45, 7) is 2.15. The van der Waals surface area contributed by atoms with Gasteiger partial charge in [-0.15, -0.1) is 0 Å². The van der Waals surface area contributed by atoms with E-state index in [0.717, 1.165) is 13.1 Å². The van der Waals surface area contributed by atoms with E-state index < -0.39 is 0 Å². The highest BCUT2D eigenvalue weighted by Crippen LogP contribution is 2.36. The maximum Gasteiger partial charge on any atom is 0.0499 e. The number of hydrogen-bond acceptors (Lipinski definition) is 3. The second-order valence-corrected chi connectivity index (χ2v) is 6.49. The van der Waals surface area contributed by atoms with Crippen LogP contribution in [-0.2, 0) is 0 Å². The van der Waals surface area contributed by atoms with Gasteiger partial charge in [-0.2, -0.15) is 0 Å². The van der Waals surface area contributed by atoms with Gasteiger partial charge in [0.25, 0.3) is 0 Å². The molecule has 3 heteroatoms. The second kappa shape index (κ2) is 6.88. The lowest BCUT2D eigenvalue weighted by Crippen LogP contribution is -2.48. The Morgan fingerprint density at radius 2 is 1.78 bits per heavy atom. The minimum Gasteiger partial charge on any atom is -0.396 e. The molecular weight excluding hydrogens is 224 g/mol. The highest BCUT2D eigenvalue weighted by molar-refractivity contribution is 4.88. The van der Waals surface area contributed by atoms with Gasteiger partial charge in [-0.3, -0.25) is 0 Å². The summed E-state index contributed by atoms with van der Waals surface area (Å²) in [7, 11) is 0. The van der Waals surface area contributed by atoms with Crippen LogP contribution in [0.25, 0.3) is 0 Å². The maximum atomic E-state index is 9.73. The zero-order valence-corrected chi connectivity index (χ0v) is 11.7. The van der Waals surface area contributed by atoms with Crippen molar-refractivity contribution < 1.29 is 5.11 Å². The molecule has 2 rings (SSSR count). The molecule has 0 bridgehead atoms. The molecule has 0 amide bonds. The number of nitrogens with two attached hydrogens (primary N) is 1. The van der Waals surface area contributed by atoms with E-state index in [1.54, 1.807) is 0 Å². The van der Waals surface area contributed by atoms with Crippen LogP contribution in [0.1, 0.15) is 57.8 Å². The molecule has 18 heavy (non-hydrogen) atoms. The van der Waals surface area contributed by atoms with E-state index in [1.807, 2.05) is 0 Å². The maximum absolute atomic E-state index is 9.73. The summed E-state index contributed by atoms with van der Waals surface area (Å²) < 4.78 is 0. The van der Waals surface area contributed by atoms with E-state index in [2.05, 4.69) is 5.32 Å². The Morgan fingerprint density at radius 1 is 1.06 bits per heavy atom. The minimum absolute atomic E-state index is 0.162. The number of rotatable bonds is 5. The van der Waals surface area contributed by atoms with Crippen molar-refractivity contribution in [2.45, 2.75) is 63.8 Å². The van der Waals surface area contributed by atoms with Crippen LogP contribution in [0, 0.1) is 11.3 Å². The molecule has 0 heterocycles. The van der Waals surface area contributed by atoms with Gasteiger partial charge in [0.05, 0.1) is 0 Å². The summed E-state index contributed by atoms with van der Waals surface area (Å²) in [5.41, 5.74) is 6.04. The first kappa shape index (κ1) is 14.3. The lowest BCUT2D eigenvalue weighted by atomic mass is 9.74. The van der Waals surface area contributed by atoms with Crippen LogP contribution in [0.4, 0.5) is 0 Å². The average molecular weight is 254 g/mol. The Labute approximate surface area is 112 Å². The normalized spacial score (nSPS) is 32.3. The van der Waals surface area contributed by atoms with E-state index in [-0.39, 0.29) is 5.41 Å². The van der Waals surface area contributed by atoms with Gasteiger partial charge in [0.2, 0.25) is 0 Å². The topological polar surface area (TPSA) is 58.3 Å². The molecule has 0 spiro atoms. The summed E-state index contributed by atoms with van der Waals surface area (Å²) in [6, 6.07) is 0.592. The van der Waals surface area contributed by atoms with Crippen molar-refractivity contribution in [1.29, 1.82) is 0 Å². The molecule has 4 N–H and O–H groups in total. The first-order chi connectivity index (χ1) is 8.79. The van der Waals surface area contributed by atoms with Gasteiger partial charge in [-0.05, 0) is 38.1 Å². The molecule has 2 aliphatic rings. The highest BCUT2D eigenvalue weighted by Gasteiger charge is 2.33. The van der Waals surface area contributed by atoms with E-state index >= 15 is 0 Å². The molecule has 2 fully saturated rings. The molecule has 0 aromatic heterocycles. The van der Waals surface area contributed by atoms with Crippen LogP contribution in [0.5, 0.6) is 0 Å². The monoisotopic (exact) mass is 254 g/mol. The largest absolute Gasteiger partial charge is 0.396 e. The zero-order chi connectivity index (χ0) is 12.8. The van der Waals surface area contributed by atoms with Gasteiger partial charge in [-0.1, -0.05) is 32.1 Å². The molecule has 2 unspecified atom stereocenters. The number of aliphatic hydroxyl groups excluding tert-OH is 1. The molecule has 0 aromatic carbocycles. The smallest absolute Gasteiger partial charge is 0.0499 e. The van der Waals surface area contributed by atoms with Gasteiger partial charge in [0.15, 0.2) is 0 Å². The zero-order valence-electron chi connectivity index (χ0n) is 11.7. The molecule has 0 radical (unpaired) electrons. The Balaban J connectivity index is 1.84. The van der Waals surface area contributed by atoms with Crippen LogP contribution in [0.3, 0.4) is 0 Å². The van der Waals surface area contributed by atoms with Crippen molar-refractivity contribution in [2.24, 2.45) is 17.1 Å². The van der Waals surface area contributed by atoms with Gasteiger partial charge in [0, 0.05) is 24.6 Å². The Bertz CT molecular complexity index is 239. The third kappa shape index (κ3) is 3.46. The van der Waals surface area contributed by atoms with E-state index in [0.29, 0.717) is 18.6 Å². The van der Waals surface area contributed by atoms with Crippen molar-refractivity contribution in [3.8, 4) is 0 Å². The molecule has 106 valence electrons. The number of hydrogen-bond donors (Lipinski definition) is 3. The molecule has 2 aliphatic carbocycles. The summed E-state index contributed by atoms with van der Waals surface area (Å²) >= 11 is 0. The lowest BCUT2D eigenvalue weighted by molar-refractivity contribution is 0.0731. The Kier molecular flexibility index (Phi) is 5.46. The number of nitrogens with one attached hydrogen (secondary N) is 1. The molecule has 3 nitrogen and oxygen atoms in total. The highest BCUT2D eigenvalue weighted by atomic mass is 16.3. The standard InChI is InChI=1S/C15H30N2O/c16-10-13-6-2-3-7-14(13)17-11-15(12-18)8-4-1-5-9-15/h13-14,17-18H,1-12,16H2. The molecule has 0 aromatic rings. The predicted molar refractivity (Wildman–Crippen MR) is 75.4 cm³/mol. The van der Waals surface area contributed by atoms with Gasteiger partial charge < -0.3 is 16.2 Å². The van der Waals surface area contributed by atoms with Crippen molar-refractivity contribution in [1.82, 2.24) is 5.32 Å². The van der Waals surface area contributed by atoms with Crippen LogP contribution in [-0.4, -0.2) is 30.8 Å². The fourth-order valence-corrected chi connectivity index (χ4v) is 3.80. The number of aliphatic hydroxyl groups is 1. The average Bonchev–Trinajstić information content (AvgIpc) is 2.46. The second-order valence-electron chi connectivity index (χ2n) is 6.49. The molecular formula is C15H30N2O.